The minimum absolute atomic E-state index is 0.250. The molecule has 0 fully saturated rings. The summed E-state index contributed by atoms with van der Waals surface area (Å²) in [5, 5.41) is 0. The molecule has 5 heteroatoms. The number of halogens is 1. The summed E-state index contributed by atoms with van der Waals surface area (Å²) in [5.41, 5.74) is 1.69. The Hall–Kier alpha value is -1.46. The molecule has 3 rings (SSSR count). The van der Waals surface area contributed by atoms with E-state index in [9.17, 15) is 4.39 Å². The molecule has 0 saturated carbocycles. The van der Waals surface area contributed by atoms with E-state index in [-0.39, 0.29) is 5.82 Å². The highest BCUT2D eigenvalue weighted by Gasteiger charge is 2.07. The van der Waals surface area contributed by atoms with Crippen molar-refractivity contribution in [2.75, 3.05) is 0 Å². The predicted octanol–water partition coefficient (Wildman–Crippen LogP) is 4.51. The second kappa shape index (κ2) is 4.90. The molecule has 0 atom stereocenters. The molecule has 0 spiro atoms. The zero-order chi connectivity index (χ0) is 13.4. The summed E-state index contributed by atoms with van der Waals surface area (Å²) in [4.78, 5) is 5.68. The number of nitrogens with one attached hydrogen (secondary N) is 1. The van der Waals surface area contributed by atoms with Crippen molar-refractivity contribution in [3.63, 3.8) is 0 Å². The van der Waals surface area contributed by atoms with Gasteiger partial charge in [0.1, 0.15) is 5.82 Å². The third-order valence-corrected chi connectivity index (χ3v) is 4.65. The first kappa shape index (κ1) is 12.6. The predicted molar refractivity (Wildman–Crippen MR) is 79.9 cm³/mol. The average Bonchev–Trinajstić information content (AvgIpc) is 2.95. The maximum absolute atomic E-state index is 13.2. The molecule has 0 unspecified atom stereocenters. The highest BCUT2D eigenvalue weighted by molar-refractivity contribution is 7.71. The first-order valence-electron chi connectivity index (χ1n) is 6.13. The minimum atomic E-state index is -0.250. The monoisotopic (exact) mass is 292 g/mol. The van der Waals surface area contributed by atoms with E-state index in [1.165, 1.54) is 21.9 Å². The van der Waals surface area contributed by atoms with Gasteiger partial charge in [-0.1, -0.05) is 6.92 Å². The maximum Gasteiger partial charge on any atom is 0.178 e. The molecule has 0 bridgehead atoms. The van der Waals surface area contributed by atoms with Gasteiger partial charge in [0, 0.05) is 9.75 Å². The van der Waals surface area contributed by atoms with Gasteiger partial charge in [-0.15, -0.1) is 11.3 Å². The van der Waals surface area contributed by atoms with Gasteiger partial charge in [0.25, 0.3) is 0 Å². The Balaban J connectivity index is 2.05. The fourth-order valence-corrected chi connectivity index (χ4v) is 3.37. The molecule has 2 aromatic heterocycles. The molecule has 3 aromatic rings. The number of benzene rings is 1. The minimum Gasteiger partial charge on any atom is -0.330 e. The number of fused-ring (bicyclic) bond motifs is 1. The molecule has 1 aromatic carbocycles. The van der Waals surface area contributed by atoms with E-state index in [0.717, 1.165) is 24.0 Å². The number of H-pyrrole nitrogens is 1. The van der Waals surface area contributed by atoms with Gasteiger partial charge < -0.3 is 9.55 Å². The van der Waals surface area contributed by atoms with Crippen molar-refractivity contribution >= 4 is 34.6 Å². The normalized spacial score (nSPS) is 11.3. The molecule has 2 nitrogen and oxygen atoms in total. The van der Waals surface area contributed by atoms with E-state index in [1.54, 1.807) is 17.4 Å². The summed E-state index contributed by atoms with van der Waals surface area (Å²) in [7, 11) is 0. The van der Waals surface area contributed by atoms with Crippen LogP contribution in [0, 0.1) is 10.6 Å². The Morgan fingerprint density at radius 2 is 2.05 bits per heavy atom. The van der Waals surface area contributed by atoms with E-state index >= 15 is 0 Å². The number of imidazole rings is 1. The second-order valence-corrected chi connectivity index (χ2v) is 6.04. The van der Waals surface area contributed by atoms with Gasteiger partial charge >= 0.3 is 0 Å². The lowest BCUT2D eigenvalue weighted by Gasteiger charge is -2.02. The van der Waals surface area contributed by atoms with Crippen molar-refractivity contribution in [3.05, 3.63) is 50.7 Å². The third-order valence-electron chi connectivity index (χ3n) is 3.12. The largest absolute Gasteiger partial charge is 0.330 e. The number of aryl methyl sites for hydroxylation is 1. The smallest absolute Gasteiger partial charge is 0.178 e. The summed E-state index contributed by atoms with van der Waals surface area (Å²) in [5.74, 6) is -0.250. The number of hydrogen-bond donors (Lipinski definition) is 1. The van der Waals surface area contributed by atoms with E-state index in [2.05, 4.69) is 24.0 Å². The van der Waals surface area contributed by atoms with Crippen molar-refractivity contribution in [2.45, 2.75) is 19.9 Å². The number of aromatic nitrogens is 2. The highest BCUT2D eigenvalue weighted by atomic mass is 32.1. The van der Waals surface area contributed by atoms with Crippen LogP contribution < -0.4 is 0 Å². The van der Waals surface area contributed by atoms with Gasteiger partial charge in [0.15, 0.2) is 4.77 Å². The van der Waals surface area contributed by atoms with Gasteiger partial charge in [0.2, 0.25) is 0 Å². The van der Waals surface area contributed by atoms with Crippen LogP contribution in [-0.4, -0.2) is 9.55 Å². The number of nitrogens with zero attached hydrogens (tertiary/aromatic N) is 1. The van der Waals surface area contributed by atoms with Crippen LogP contribution in [0.3, 0.4) is 0 Å². The topological polar surface area (TPSA) is 20.7 Å². The van der Waals surface area contributed by atoms with Crippen LogP contribution in [0.4, 0.5) is 4.39 Å². The van der Waals surface area contributed by atoms with Crippen LogP contribution in [0.2, 0.25) is 0 Å². The first-order valence-corrected chi connectivity index (χ1v) is 7.35. The van der Waals surface area contributed by atoms with Gasteiger partial charge in [-0.25, -0.2) is 4.39 Å². The number of aromatic amines is 1. The maximum atomic E-state index is 13.2. The van der Waals surface area contributed by atoms with E-state index in [1.807, 2.05) is 4.57 Å². The van der Waals surface area contributed by atoms with Gasteiger partial charge in [0.05, 0.1) is 17.6 Å². The Bertz CT molecular complexity index is 782. The summed E-state index contributed by atoms with van der Waals surface area (Å²) in [6, 6.07) is 9.00. The zero-order valence-electron chi connectivity index (χ0n) is 10.4. The van der Waals surface area contributed by atoms with Crippen molar-refractivity contribution in [2.24, 2.45) is 0 Å². The molecule has 0 aliphatic rings. The number of thiophene rings is 1. The van der Waals surface area contributed by atoms with Gasteiger partial charge in [-0.05, 0) is 49.0 Å². The third kappa shape index (κ3) is 2.35. The zero-order valence-corrected chi connectivity index (χ0v) is 12.1. The lowest BCUT2D eigenvalue weighted by atomic mass is 10.3. The molecule has 2 heterocycles. The standard InChI is InChI=1S/C14H13FN2S2/c1-2-10-4-5-11(19-10)8-17-13-6-3-9(15)7-12(13)16-14(17)18/h3-7H,2,8H2,1H3,(H,16,18). The van der Waals surface area contributed by atoms with Crippen LogP contribution in [0.15, 0.2) is 30.3 Å². The Kier molecular flexibility index (Phi) is 3.24. The van der Waals surface area contributed by atoms with Crippen LogP contribution >= 0.6 is 23.6 Å². The van der Waals surface area contributed by atoms with Crippen LogP contribution in [-0.2, 0) is 13.0 Å². The Labute approximate surface area is 119 Å². The lowest BCUT2D eigenvalue weighted by Crippen LogP contribution is -1.97. The van der Waals surface area contributed by atoms with Crippen molar-refractivity contribution < 1.29 is 4.39 Å². The molecular weight excluding hydrogens is 279 g/mol. The average molecular weight is 292 g/mol. The number of rotatable bonds is 3. The molecule has 0 aliphatic heterocycles. The first-order chi connectivity index (χ1) is 9.17. The van der Waals surface area contributed by atoms with E-state index < -0.39 is 0 Å². The Morgan fingerprint density at radius 3 is 2.79 bits per heavy atom. The number of hydrogen-bond acceptors (Lipinski definition) is 2. The molecule has 19 heavy (non-hydrogen) atoms. The lowest BCUT2D eigenvalue weighted by molar-refractivity contribution is 0.629. The summed E-state index contributed by atoms with van der Waals surface area (Å²) >= 11 is 7.12. The van der Waals surface area contributed by atoms with Gasteiger partial charge in [-0.3, -0.25) is 0 Å². The molecule has 0 radical (unpaired) electrons. The summed E-state index contributed by atoms with van der Waals surface area (Å²) < 4.78 is 15.8. The second-order valence-electron chi connectivity index (χ2n) is 4.40. The molecule has 1 N–H and O–H groups in total. The molecule has 0 aliphatic carbocycles. The van der Waals surface area contributed by atoms with Crippen LogP contribution in [0.1, 0.15) is 16.7 Å². The SMILES string of the molecule is CCc1ccc(Cn2c(=S)[nH]c3cc(F)ccc32)s1. The van der Waals surface area contributed by atoms with Crippen molar-refractivity contribution in [3.8, 4) is 0 Å². The van der Waals surface area contributed by atoms with Gasteiger partial charge in [-0.2, -0.15) is 0 Å². The van der Waals surface area contributed by atoms with Crippen LogP contribution in [0.25, 0.3) is 11.0 Å². The molecule has 98 valence electrons. The van der Waals surface area contributed by atoms with Crippen molar-refractivity contribution in [1.82, 2.24) is 9.55 Å². The highest BCUT2D eigenvalue weighted by Crippen LogP contribution is 2.21. The fourth-order valence-electron chi connectivity index (χ4n) is 2.15. The van der Waals surface area contributed by atoms with Crippen molar-refractivity contribution in [1.29, 1.82) is 0 Å². The summed E-state index contributed by atoms with van der Waals surface area (Å²) in [6.07, 6.45) is 1.05. The fraction of sp³-hybridized carbons (Fsp3) is 0.214. The van der Waals surface area contributed by atoms with E-state index in [4.69, 9.17) is 12.2 Å². The Morgan fingerprint density at radius 1 is 1.26 bits per heavy atom. The summed E-state index contributed by atoms with van der Waals surface area (Å²) in [6.45, 7) is 2.88. The molecule has 0 saturated heterocycles. The van der Waals surface area contributed by atoms with E-state index in [0.29, 0.717) is 4.77 Å². The van der Waals surface area contributed by atoms with Crippen LogP contribution in [0.5, 0.6) is 0 Å². The molecular formula is C14H13FN2S2. The molecule has 0 amide bonds. The quantitative estimate of drug-likeness (QED) is 0.704.